The number of rotatable bonds is 4. The molecule has 1 fully saturated rings. The van der Waals surface area contributed by atoms with E-state index in [4.69, 9.17) is 14.2 Å². The van der Waals surface area contributed by atoms with Crippen molar-refractivity contribution in [2.45, 2.75) is 19.3 Å². The summed E-state index contributed by atoms with van der Waals surface area (Å²) in [6.07, 6.45) is 0.415. The van der Waals surface area contributed by atoms with Crippen molar-refractivity contribution in [1.82, 2.24) is 0 Å². The minimum atomic E-state index is -0.579. The van der Waals surface area contributed by atoms with Gasteiger partial charge in [-0.2, -0.15) is 0 Å². The van der Waals surface area contributed by atoms with E-state index < -0.39 is 6.16 Å². The van der Waals surface area contributed by atoms with Crippen LogP contribution in [0.4, 0.5) is 4.79 Å². The molecule has 0 aromatic heterocycles. The normalized spacial score (nSPS) is 16.2. The van der Waals surface area contributed by atoms with Crippen molar-refractivity contribution in [2.75, 3.05) is 19.8 Å². The van der Waals surface area contributed by atoms with Gasteiger partial charge in [0.25, 0.3) is 0 Å². The molecule has 4 heteroatoms. The number of hydrogen-bond donors (Lipinski definition) is 0. The Hall–Kier alpha value is -1.71. The third kappa shape index (κ3) is 3.12. The molecule has 0 amide bonds. The van der Waals surface area contributed by atoms with Crippen LogP contribution in [-0.2, 0) is 9.47 Å². The lowest BCUT2D eigenvalue weighted by Gasteiger charge is -2.22. The van der Waals surface area contributed by atoms with Gasteiger partial charge in [-0.15, -0.1) is 0 Å². The van der Waals surface area contributed by atoms with E-state index in [9.17, 15) is 4.79 Å². The van der Waals surface area contributed by atoms with Crippen LogP contribution in [0.5, 0.6) is 5.75 Å². The molecular formula is C13H16O4. The van der Waals surface area contributed by atoms with Crippen LogP contribution in [0, 0.1) is 0 Å². The van der Waals surface area contributed by atoms with Crippen molar-refractivity contribution < 1.29 is 19.0 Å². The summed E-state index contributed by atoms with van der Waals surface area (Å²) in [5.41, 5.74) is 1.10. The number of cyclic esters (lactones) is 2. The van der Waals surface area contributed by atoms with E-state index in [0.717, 1.165) is 24.3 Å². The van der Waals surface area contributed by atoms with Gasteiger partial charge in [0.15, 0.2) is 0 Å². The van der Waals surface area contributed by atoms with Gasteiger partial charge in [-0.1, -0.05) is 19.1 Å². The molecule has 17 heavy (non-hydrogen) atoms. The molecule has 1 saturated heterocycles. The molecule has 0 bridgehead atoms. The summed E-state index contributed by atoms with van der Waals surface area (Å²) < 4.78 is 15.2. The molecule has 1 aromatic rings. The van der Waals surface area contributed by atoms with Crippen molar-refractivity contribution in [2.24, 2.45) is 0 Å². The second-order valence-corrected chi connectivity index (χ2v) is 3.99. The third-order valence-electron chi connectivity index (χ3n) is 2.63. The zero-order valence-electron chi connectivity index (χ0n) is 9.85. The van der Waals surface area contributed by atoms with E-state index in [1.807, 2.05) is 24.3 Å². The Kier molecular flexibility index (Phi) is 3.85. The minimum Gasteiger partial charge on any atom is -0.494 e. The summed E-state index contributed by atoms with van der Waals surface area (Å²) in [6, 6.07) is 7.83. The lowest BCUT2D eigenvalue weighted by atomic mass is 10.0. The standard InChI is InChI=1S/C13H16O4/c1-2-7-15-12-5-3-10(4-6-12)11-8-16-13(14)17-9-11/h3-6,11H,2,7-9H2,1H3. The summed E-state index contributed by atoms with van der Waals surface area (Å²) in [5, 5.41) is 0. The smallest absolute Gasteiger partial charge is 0.494 e. The zero-order valence-corrected chi connectivity index (χ0v) is 9.85. The molecule has 0 saturated carbocycles. The summed E-state index contributed by atoms with van der Waals surface area (Å²) >= 11 is 0. The van der Waals surface area contributed by atoms with Crippen LogP contribution in [0.2, 0.25) is 0 Å². The first kappa shape index (κ1) is 11.8. The average Bonchev–Trinajstić information content (AvgIpc) is 2.38. The van der Waals surface area contributed by atoms with Crippen molar-refractivity contribution >= 4 is 6.16 Å². The number of ether oxygens (including phenoxy) is 3. The molecule has 0 spiro atoms. The predicted octanol–water partition coefficient (Wildman–Crippen LogP) is 2.73. The van der Waals surface area contributed by atoms with Crippen molar-refractivity contribution in [1.29, 1.82) is 0 Å². The molecule has 1 heterocycles. The van der Waals surface area contributed by atoms with Crippen LogP contribution in [-0.4, -0.2) is 26.0 Å². The lowest BCUT2D eigenvalue weighted by Crippen LogP contribution is -2.25. The van der Waals surface area contributed by atoms with E-state index in [2.05, 4.69) is 6.92 Å². The van der Waals surface area contributed by atoms with E-state index in [1.54, 1.807) is 0 Å². The zero-order chi connectivity index (χ0) is 12.1. The largest absolute Gasteiger partial charge is 0.508 e. The van der Waals surface area contributed by atoms with Crippen LogP contribution in [0.3, 0.4) is 0 Å². The summed E-state index contributed by atoms with van der Waals surface area (Å²) in [4.78, 5) is 10.7. The number of hydrogen-bond acceptors (Lipinski definition) is 4. The molecule has 1 aliphatic rings. The van der Waals surface area contributed by atoms with Crippen LogP contribution in [0.25, 0.3) is 0 Å². The maximum atomic E-state index is 10.7. The van der Waals surface area contributed by atoms with Gasteiger partial charge < -0.3 is 14.2 Å². The second-order valence-electron chi connectivity index (χ2n) is 3.99. The van der Waals surface area contributed by atoms with Crippen molar-refractivity contribution in [3.63, 3.8) is 0 Å². The highest BCUT2D eigenvalue weighted by atomic mass is 16.7. The topological polar surface area (TPSA) is 44.8 Å². The maximum absolute atomic E-state index is 10.7. The highest BCUT2D eigenvalue weighted by Crippen LogP contribution is 2.23. The number of carbonyl (C=O) groups is 1. The third-order valence-corrected chi connectivity index (χ3v) is 2.63. The average molecular weight is 236 g/mol. The lowest BCUT2D eigenvalue weighted by molar-refractivity contribution is 0.00721. The first-order valence-corrected chi connectivity index (χ1v) is 5.82. The molecule has 92 valence electrons. The van der Waals surface area contributed by atoms with Gasteiger partial charge in [0.05, 0.1) is 12.5 Å². The fourth-order valence-electron chi connectivity index (χ4n) is 1.68. The molecule has 1 aromatic carbocycles. The Morgan fingerprint density at radius 3 is 2.47 bits per heavy atom. The van der Waals surface area contributed by atoms with Crippen LogP contribution in [0.1, 0.15) is 24.8 Å². The van der Waals surface area contributed by atoms with Gasteiger partial charge in [0, 0.05) is 0 Å². The van der Waals surface area contributed by atoms with Crippen molar-refractivity contribution in [3.8, 4) is 5.75 Å². The van der Waals surface area contributed by atoms with E-state index in [1.165, 1.54) is 0 Å². The maximum Gasteiger partial charge on any atom is 0.508 e. The number of carbonyl (C=O) groups excluding carboxylic acids is 1. The van der Waals surface area contributed by atoms with Gasteiger partial charge >= 0.3 is 6.16 Å². The summed E-state index contributed by atoms with van der Waals surface area (Å²) in [6.45, 7) is 3.56. The minimum absolute atomic E-state index is 0.118. The first-order chi connectivity index (χ1) is 8.29. The molecule has 0 aliphatic carbocycles. The van der Waals surface area contributed by atoms with Crippen LogP contribution in [0.15, 0.2) is 24.3 Å². The molecule has 0 atom stereocenters. The van der Waals surface area contributed by atoms with Crippen molar-refractivity contribution in [3.05, 3.63) is 29.8 Å². The first-order valence-electron chi connectivity index (χ1n) is 5.82. The molecule has 2 rings (SSSR count). The van der Waals surface area contributed by atoms with E-state index in [-0.39, 0.29) is 5.92 Å². The monoisotopic (exact) mass is 236 g/mol. The SMILES string of the molecule is CCCOc1ccc(C2COC(=O)OC2)cc1. The van der Waals surface area contributed by atoms with Crippen LogP contribution >= 0.6 is 0 Å². The van der Waals surface area contributed by atoms with Gasteiger partial charge in [-0.05, 0) is 24.1 Å². The van der Waals surface area contributed by atoms with Gasteiger partial charge in [-0.25, -0.2) is 4.79 Å². The molecule has 0 unspecified atom stereocenters. The summed E-state index contributed by atoms with van der Waals surface area (Å²) in [7, 11) is 0. The van der Waals surface area contributed by atoms with E-state index >= 15 is 0 Å². The van der Waals surface area contributed by atoms with Gasteiger partial charge in [0.2, 0.25) is 0 Å². The molecule has 1 aliphatic heterocycles. The second kappa shape index (κ2) is 5.57. The Morgan fingerprint density at radius 1 is 1.24 bits per heavy atom. The summed E-state index contributed by atoms with van der Waals surface area (Å²) in [5.74, 6) is 0.984. The van der Waals surface area contributed by atoms with Gasteiger partial charge in [-0.3, -0.25) is 0 Å². The Morgan fingerprint density at radius 2 is 1.88 bits per heavy atom. The molecule has 4 nitrogen and oxygen atoms in total. The Labute approximate surface area is 100 Å². The fourth-order valence-corrected chi connectivity index (χ4v) is 1.68. The Bertz CT molecular complexity index is 362. The highest BCUT2D eigenvalue weighted by molar-refractivity contribution is 5.60. The molecular weight excluding hydrogens is 220 g/mol. The predicted molar refractivity (Wildman–Crippen MR) is 62.3 cm³/mol. The highest BCUT2D eigenvalue weighted by Gasteiger charge is 2.22. The van der Waals surface area contributed by atoms with E-state index in [0.29, 0.717) is 13.2 Å². The number of benzene rings is 1. The molecule has 0 N–H and O–H groups in total. The Balaban J connectivity index is 1.95. The van der Waals surface area contributed by atoms with Crippen LogP contribution < -0.4 is 4.74 Å². The molecule has 0 radical (unpaired) electrons. The fraction of sp³-hybridized carbons (Fsp3) is 0.462. The van der Waals surface area contributed by atoms with Gasteiger partial charge in [0.1, 0.15) is 19.0 Å². The quantitative estimate of drug-likeness (QED) is 0.754.